The SMILES string of the molecule is CCN(CC(=O)N(C)C)c1ccc(C(=O)O)c(N)c1. The topological polar surface area (TPSA) is 86.9 Å². The van der Waals surface area contributed by atoms with Gasteiger partial charge in [0.2, 0.25) is 5.91 Å². The Labute approximate surface area is 112 Å². The summed E-state index contributed by atoms with van der Waals surface area (Å²) in [6.07, 6.45) is 0. The Morgan fingerprint density at radius 3 is 2.37 bits per heavy atom. The maximum absolute atomic E-state index is 11.7. The zero-order valence-electron chi connectivity index (χ0n) is 11.4. The quantitative estimate of drug-likeness (QED) is 0.772. The molecule has 1 aromatic rings. The molecule has 0 aliphatic heterocycles. The van der Waals surface area contributed by atoms with Gasteiger partial charge >= 0.3 is 5.97 Å². The van der Waals surface area contributed by atoms with E-state index in [1.54, 1.807) is 26.2 Å². The Morgan fingerprint density at radius 1 is 1.32 bits per heavy atom. The molecule has 0 spiro atoms. The third-order valence-corrected chi connectivity index (χ3v) is 2.84. The van der Waals surface area contributed by atoms with Crippen molar-refractivity contribution in [3.63, 3.8) is 0 Å². The second-order valence-corrected chi connectivity index (χ2v) is 4.38. The molecule has 0 bridgehead atoms. The monoisotopic (exact) mass is 265 g/mol. The summed E-state index contributed by atoms with van der Waals surface area (Å²) in [6, 6.07) is 4.69. The van der Waals surface area contributed by atoms with Gasteiger partial charge in [-0.1, -0.05) is 0 Å². The van der Waals surface area contributed by atoms with Gasteiger partial charge in [-0.2, -0.15) is 0 Å². The van der Waals surface area contributed by atoms with E-state index < -0.39 is 5.97 Å². The molecule has 0 atom stereocenters. The van der Waals surface area contributed by atoms with Crippen molar-refractivity contribution in [1.29, 1.82) is 0 Å². The number of nitrogens with zero attached hydrogens (tertiary/aromatic N) is 2. The van der Waals surface area contributed by atoms with E-state index in [4.69, 9.17) is 10.8 Å². The number of carboxylic acid groups (broad SMARTS) is 1. The van der Waals surface area contributed by atoms with Crippen LogP contribution < -0.4 is 10.6 Å². The number of likely N-dealkylation sites (N-methyl/N-ethyl adjacent to an activating group) is 2. The third kappa shape index (κ3) is 3.61. The Morgan fingerprint density at radius 2 is 1.95 bits per heavy atom. The van der Waals surface area contributed by atoms with Crippen LogP contribution in [0.5, 0.6) is 0 Å². The van der Waals surface area contributed by atoms with Crippen LogP contribution in [0.15, 0.2) is 18.2 Å². The number of rotatable bonds is 5. The fourth-order valence-corrected chi connectivity index (χ4v) is 1.63. The first-order valence-corrected chi connectivity index (χ1v) is 5.94. The van der Waals surface area contributed by atoms with E-state index in [9.17, 15) is 9.59 Å². The highest BCUT2D eigenvalue weighted by Gasteiger charge is 2.14. The van der Waals surface area contributed by atoms with Gasteiger partial charge < -0.3 is 20.6 Å². The van der Waals surface area contributed by atoms with E-state index in [1.165, 1.54) is 11.0 Å². The predicted molar refractivity (Wildman–Crippen MR) is 74.4 cm³/mol. The molecular weight excluding hydrogens is 246 g/mol. The summed E-state index contributed by atoms with van der Waals surface area (Å²) >= 11 is 0. The highest BCUT2D eigenvalue weighted by Crippen LogP contribution is 2.21. The second kappa shape index (κ2) is 6.08. The zero-order chi connectivity index (χ0) is 14.6. The lowest BCUT2D eigenvalue weighted by atomic mass is 10.1. The third-order valence-electron chi connectivity index (χ3n) is 2.84. The number of hydrogen-bond donors (Lipinski definition) is 2. The molecule has 0 radical (unpaired) electrons. The summed E-state index contributed by atoms with van der Waals surface area (Å²) in [5.74, 6) is -1.08. The van der Waals surface area contributed by atoms with Gasteiger partial charge in [-0.05, 0) is 25.1 Å². The maximum Gasteiger partial charge on any atom is 0.337 e. The van der Waals surface area contributed by atoms with Gasteiger partial charge in [-0.25, -0.2) is 4.79 Å². The molecule has 1 rings (SSSR count). The predicted octanol–water partition coefficient (Wildman–Crippen LogP) is 0.881. The molecule has 6 heteroatoms. The lowest BCUT2D eigenvalue weighted by Gasteiger charge is -2.24. The van der Waals surface area contributed by atoms with Crippen LogP contribution in [0.2, 0.25) is 0 Å². The van der Waals surface area contributed by atoms with Crippen molar-refractivity contribution >= 4 is 23.3 Å². The van der Waals surface area contributed by atoms with E-state index in [-0.39, 0.29) is 23.7 Å². The van der Waals surface area contributed by atoms with E-state index >= 15 is 0 Å². The number of carbonyl (C=O) groups excluding carboxylic acids is 1. The largest absolute Gasteiger partial charge is 0.478 e. The average molecular weight is 265 g/mol. The molecular formula is C13H19N3O3. The number of hydrogen-bond acceptors (Lipinski definition) is 4. The lowest BCUT2D eigenvalue weighted by Crippen LogP contribution is -2.36. The van der Waals surface area contributed by atoms with Crippen molar-refractivity contribution in [2.24, 2.45) is 0 Å². The van der Waals surface area contributed by atoms with Gasteiger partial charge in [0.05, 0.1) is 12.1 Å². The molecule has 0 aromatic heterocycles. The summed E-state index contributed by atoms with van der Waals surface area (Å²) in [5, 5.41) is 8.92. The number of anilines is 2. The van der Waals surface area contributed by atoms with Crippen molar-refractivity contribution in [1.82, 2.24) is 4.90 Å². The van der Waals surface area contributed by atoms with E-state index in [1.807, 2.05) is 11.8 Å². The van der Waals surface area contributed by atoms with Crippen LogP contribution in [-0.4, -0.2) is 49.1 Å². The summed E-state index contributed by atoms with van der Waals surface area (Å²) in [7, 11) is 3.39. The molecule has 1 aromatic carbocycles. The average Bonchev–Trinajstić information content (AvgIpc) is 2.34. The summed E-state index contributed by atoms with van der Waals surface area (Å²) in [6.45, 7) is 2.78. The summed E-state index contributed by atoms with van der Waals surface area (Å²) in [4.78, 5) is 25.9. The molecule has 19 heavy (non-hydrogen) atoms. The molecule has 0 saturated carbocycles. The van der Waals surface area contributed by atoms with Crippen molar-refractivity contribution in [2.75, 3.05) is 37.8 Å². The molecule has 0 heterocycles. The Balaban J connectivity index is 2.97. The smallest absolute Gasteiger partial charge is 0.337 e. The fraction of sp³-hybridized carbons (Fsp3) is 0.385. The normalized spacial score (nSPS) is 10.1. The van der Waals surface area contributed by atoms with Gasteiger partial charge in [-0.15, -0.1) is 0 Å². The first-order chi connectivity index (χ1) is 8.86. The highest BCUT2D eigenvalue weighted by atomic mass is 16.4. The Bertz CT molecular complexity index is 486. The van der Waals surface area contributed by atoms with Gasteiger partial charge in [0, 0.05) is 32.0 Å². The van der Waals surface area contributed by atoms with E-state index in [0.717, 1.165) is 5.69 Å². The van der Waals surface area contributed by atoms with Crippen molar-refractivity contribution in [2.45, 2.75) is 6.92 Å². The summed E-state index contributed by atoms with van der Waals surface area (Å²) in [5.41, 5.74) is 6.70. The minimum absolute atomic E-state index is 0.0252. The van der Waals surface area contributed by atoms with Gasteiger partial charge in [0.1, 0.15) is 0 Å². The number of aromatic carboxylic acids is 1. The van der Waals surface area contributed by atoms with Gasteiger partial charge in [-0.3, -0.25) is 4.79 Å². The van der Waals surface area contributed by atoms with Crippen LogP contribution in [0.1, 0.15) is 17.3 Å². The van der Waals surface area contributed by atoms with Crippen molar-refractivity contribution in [3.8, 4) is 0 Å². The van der Waals surface area contributed by atoms with Crippen LogP contribution in [0.3, 0.4) is 0 Å². The minimum Gasteiger partial charge on any atom is -0.478 e. The number of carboxylic acids is 1. The number of carbonyl (C=O) groups is 2. The molecule has 104 valence electrons. The first kappa shape index (κ1) is 14.8. The zero-order valence-corrected chi connectivity index (χ0v) is 11.4. The molecule has 0 aliphatic carbocycles. The summed E-state index contributed by atoms with van der Waals surface area (Å²) < 4.78 is 0. The van der Waals surface area contributed by atoms with Crippen LogP contribution in [0.4, 0.5) is 11.4 Å². The molecule has 3 N–H and O–H groups in total. The van der Waals surface area contributed by atoms with E-state index in [0.29, 0.717) is 6.54 Å². The number of amides is 1. The maximum atomic E-state index is 11.7. The molecule has 0 fully saturated rings. The number of benzene rings is 1. The standard InChI is InChI=1S/C13H19N3O3/c1-4-16(8-12(17)15(2)3)9-5-6-10(13(18)19)11(14)7-9/h5-7H,4,8,14H2,1-3H3,(H,18,19). The Hall–Kier alpha value is -2.24. The molecule has 6 nitrogen and oxygen atoms in total. The number of nitrogens with two attached hydrogens (primary N) is 1. The van der Waals surface area contributed by atoms with Crippen LogP contribution in [0.25, 0.3) is 0 Å². The number of nitrogen functional groups attached to an aromatic ring is 1. The lowest BCUT2D eigenvalue weighted by molar-refractivity contribution is -0.127. The Kier molecular flexibility index (Phi) is 4.74. The second-order valence-electron chi connectivity index (χ2n) is 4.38. The molecule has 0 unspecified atom stereocenters. The van der Waals surface area contributed by atoms with Gasteiger partial charge in [0.15, 0.2) is 0 Å². The fourth-order valence-electron chi connectivity index (χ4n) is 1.63. The minimum atomic E-state index is -1.06. The highest BCUT2D eigenvalue weighted by molar-refractivity contribution is 5.94. The van der Waals surface area contributed by atoms with Crippen LogP contribution in [-0.2, 0) is 4.79 Å². The van der Waals surface area contributed by atoms with E-state index in [2.05, 4.69) is 0 Å². The van der Waals surface area contributed by atoms with Crippen LogP contribution >= 0.6 is 0 Å². The van der Waals surface area contributed by atoms with Gasteiger partial charge in [0.25, 0.3) is 0 Å². The molecule has 1 amide bonds. The van der Waals surface area contributed by atoms with Crippen molar-refractivity contribution < 1.29 is 14.7 Å². The van der Waals surface area contributed by atoms with Crippen LogP contribution in [0, 0.1) is 0 Å². The molecule has 0 aliphatic rings. The molecule has 0 saturated heterocycles. The first-order valence-electron chi connectivity index (χ1n) is 5.94. The van der Waals surface area contributed by atoms with Crippen molar-refractivity contribution in [3.05, 3.63) is 23.8 Å².